The van der Waals surface area contributed by atoms with Crippen molar-refractivity contribution >= 4 is 17.3 Å². The fourth-order valence-electron chi connectivity index (χ4n) is 4.81. The maximum Gasteiger partial charge on any atom is 0.311 e. The van der Waals surface area contributed by atoms with E-state index in [9.17, 15) is 8.78 Å². The normalized spacial score (nSPS) is 42.1. The smallest absolute Gasteiger partial charge is 0.311 e. The third-order valence-electron chi connectivity index (χ3n) is 5.03. The van der Waals surface area contributed by atoms with Crippen molar-refractivity contribution in [3.05, 3.63) is 0 Å². The van der Waals surface area contributed by atoms with Gasteiger partial charge in [-0.05, 0) is 68.5 Å². The van der Waals surface area contributed by atoms with Crippen LogP contribution in [0, 0.1) is 23.2 Å². The lowest BCUT2D eigenvalue weighted by Crippen LogP contribution is -2.48. The van der Waals surface area contributed by atoms with Crippen LogP contribution in [0.5, 0.6) is 0 Å². The van der Waals surface area contributed by atoms with E-state index >= 15 is 0 Å². The van der Waals surface area contributed by atoms with Gasteiger partial charge >= 0.3 is 5.92 Å². The van der Waals surface area contributed by atoms with Gasteiger partial charge in [0, 0.05) is 12.3 Å². The van der Waals surface area contributed by atoms with Crippen molar-refractivity contribution in [2.75, 3.05) is 6.61 Å². The van der Waals surface area contributed by atoms with Crippen LogP contribution in [0.25, 0.3) is 0 Å². The van der Waals surface area contributed by atoms with Gasteiger partial charge < -0.3 is 4.74 Å². The molecule has 102 valence electrons. The zero-order valence-corrected chi connectivity index (χ0v) is 11.6. The summed E-state index contributed by atoms with van der Waals surface area (Å²) in [7, 11) is 0. The van der Waals surface area contributed by atoms with Gasteiger partial charge in [0.1, 0.15) is 0 Å². The van der Waals surface area contributed by atoms with Gasteiger partial charge in [0.25, 0.3) is 0 Å². The molecule has 0 saturated heterocycles. The van der Waals surface area contributed by atoms with Gasteiger partial charge in [-0.25, -0.2) is 0 Å². The molecule has 4 bridgehead atoms. The second-order valence-electron chi connectivity index (χ2n) is 6.88. The molecule has 4 aliphatic carbocycles. The monoisotopic (exact) mass is 274 g/mol. The van der Waals surface area contributed by atoms with E-state index in [-0.39, 0.29) is 5.41 Å². The first kappa shape index (κ1) is 12.8. The molecule has 0 unspecified atom stereocenters. The SMILES string of the molecule is CC(F)(F)C(=S)OCC12CC3CC(CC(C3)C1)C2. The van der Waals surface area contributed by atoms with Gasteiger partial charge in [-0.1, -0.05) is 0 Å². The Morgan fingerprint density at radius 2 is 1.61 bits per heavy atom. The van der Waals surface area contributed by atoms with E-state index in [1.807, 2.05) is 0 Å². The van der Waals surface area contributed by atoms with Gasteiger partial charge in [-0.3, -0.25) is 0 Å². The predicted molar refractivity (Wildman–Crippen MR) is 69.8 cm³/mol. The highest BCUT2D eigenvalue weighted by Gasteiger charge is 2.51. The maximum atomic E-state index is 13.0. The van der Waals surface area contributed by atoms with Crippen molar-refractivity contribution in [2.24, 2.45) is 23.2 Å². The van der Waals surface area contributed by atoms with E-state index in [2.05, 4.69) is 12.2 Å². The van der Waals surface area contributed by atoms with Gasteiger partial charge in [-0.2, -0.15) is 8.78 Å². The summed E-state index contributed by atoms with van der Waals surface area (Å²) in [5, 5.41) is -0.529. The first-order valence-electron chi connectivity index (χ1n) is 6.91. The summed E-state index contributed by atoms with van der Waals surface area (Å²) in [6.07, 6.45) is 7.56. The first-order chi connectivity index (χ1) is 8.36. The molecule has 0 aromatic carbocycles. The third-order valence-corrected chi connectivity index (χ3v) is 5.51. The Hall–Kier alpha value is -0.250. The van der Waals surface area contributed by atoms with Crippen molar-refractivity contribution in [1.82, 2.24) is 0 Å². The molecular formula is C14H20F2OS. The second-order valence-corrected chi connectivity index (χ2v) is 7.25. The summed E-state index contributed by atoms with van der Waals surface area (Å²) >= 11 is 4.67. The molecule has 0 atom stereocenters. The van der Waals surface area contributed by atoms with Crippen LogP contribution in [-0.4, -0.2) is 17.6 Å². The van der Waals surface area contributed by atoms with Gasteiger partial charge in [0.15, 0.2) is 0 Å². The predicted octanol–water partition coefficient (Wildman–Crippen LogP) is 4.20. The Morgan fingerprint density at radius 1 is 1.17 bits per heavy atom. The molecule has 0 N–H and O–H groups in total. The molecule has 18 heavy (non-hydrogen) atoms. The molecule has 0 spiro atoms. The van der Waals surface area contributed by atoms with Crippen molar-refractivity contribution < 1.29 is 13.5 Å². The molecule has 4 fully saturated rings. The Labute approximate surface area is 112 Å². The third kappa shape index (κ3) is 2.28. The van der Waals surface area contributed by atoms with Crippen molar-refractivity contribution in [3.63, 3.8) is 0 Å². The molecule has 0 amide bonds. The Bertz CT molecular complexity index is 326. The average molecular weight is 274 g/mol. The van der Waals surface area contributed by atoms with Crippen molar-refractivity contribution in [2.45, 2.75) is 51.4 Å². The van der Waals surface area contributed by atoms with Crippen LogP contribution in [0.2, 0.25) is 0 Å². The molecule has 0 aromatic rings. The standard InChI is InChI=1S/C14H20F2OS/c1-13(15,16)12(18)17-8-14-5-9-2-10(6-14)4-11(3-9)7-14/h9-11H,2-8H2,1H3. The highest BCUT2D eigenvalue weighted by atomic mass is 32.1. The van der Waals surface area contributed by atoms with Crippen LogP contribution >= 0.6 is 12.2 Å². The van der Waals surface area contributed by atoms with Crippen LogP contribution in [0.15, 0.2) is 0 Å². The zero-order chi connectivity index (χ0) is 13.0. The van der Waals surface area contributed by atoms with Crippen LogP contribution in [0.1, 0.15) is 45.4 Å². The number of ether oxygens (including phenoxy) is 1. The molecule has 1 nitrogen and oxygen atoms in total. The Morgan fingerprint density at radius 3 is 2.00 bits per heavy atom. The molecule has 4 heteroatoms. The van der Waals surface area contributed by atoms with Crippen LogP contribution in [0.4, 0.5) is 8.78 Å². The fourth-order valence-corrected chi connectivity index (χ4v) is 4.87. The van der Waals surface area contributed by atoms with Crippen LogP contribution in [0.3, 0.4) is 0 Å². The molecule has 0 radical (unpaired) electrons. The minimum atomic E-state index is -2.99. The van der Waals surface area contributed by atoms with Crippen molar-refractivity contribution in [3.8, 4) is 0 Å². The summed E-state index contributed by atoms with van der Waals surface area (Å²) in [5.74, 6) is -0.542. The summed E-state index contributed by atoms with van der Waals surface area (Å²) in [6, 6.07) is 0. The first-order valence-corrected chi connectivity index (χ1v) is 7.32. The topological polar surface area (TPSA) is 9.23 Å². The van der Waals surface area contributed by atoms with E-state index < -0.39 is 11.0 Å². The molecule has 0 aromatic heterocycles. The molecule has 4 saturated carbocycles. The van der Waals surface area contributed by atoms with Crippen LogP contribution in [-0.2, 0) is 4.74 Å². The Kier molecular flexibility index (Phi) is 2.92. The van der Waals surface area contributed by atoms with Crippen LogP contribution < -0.4 is 0 Å². The molecule has 0 heterocycles. The summed E-state index contributed by atoms with van der Waals surface area (Å²) < 4.78 is 31.3. The zero-order valence-electron chi connectivity index (χ0n) is 10.8. The molecule has 4 aliphatic rings. The number of rotatable bonds is 3. The molecule has 0 aliphatic heterocycles. The summed E-state index contributed by atoms with van der Waals surface area (Å²) in [4.78, 5) is 0. The Balaban J connectivity index is 1.64. The van der Waals surface area contributed by atoms with E-state index in [0.29, 0.717) is 6.61 Å². The lowest BCUT2D eigenvalue weighted by Gasteiger charge is -2.56. The summed E-state index contributed by atoms with van der Waals surface area (Å²) in [6.45, 7) is 1.23. The maximum absolute atomic E-state index is 13.0. The number of alkyl halides is 2. The lowest BCUT2D eigenvalue weighted by atomic mass is 9.50. The minimum Gasteiger partial charge on any atom is -0.481 e. The number of thiocarbonyl (C=S) groups is 1. The summed E-state index contributed by atoms with van der Waals surface area (Å²) in [5.41, 5.74) is 0.157. The van der Waals surface area contributed by atoms with E-state index in [4.69, 9.17) is 4.74 Å². The van der Waals surface area contributed by atoms with E-state index in [1.54, 1.807) is 0 Å². The quantitative estimate of drug-likeness (QED) is 0.713. The fraction of sp³-hybridized carbons (Fsp3) is 0.929. The highest BCUT2D eigenvalue weighted by molar-refractivity contribution is 7.80. The van der Waals surface area contributed by atoms with Gasteiger partial charge in [0.2, 0.25) is 5.05 Å². The largest absolute Gasteiger partial charge is 0.481 e. The minimum absolute atomic E-state index is 0.157. The molecular weight excluding hydrogens is 254 g/mol. The second kappa shape index (κ2) is 4.12. The highest BCUT2D eigenvalue weighted by Crippen LogP contribution is 2.60. The average Bonchev–Trinajstić information content (AvgIpc) is 2.22. The van der Waals surface area contributed by atoms with E-state index in [1.165, 1.54) is 19.3 Å². The molecule has 4 rings (SSSR count). The number of hydrogen-bond donors (Lipinski definition) is 0. The number of hydrogen-bond acceptors (Lipinski definition) is 2. The van der Waals surface area contributed by atoms with Crippen molar-refractivity contribution in [1.29, 1.82) is 0 Å². The van der Waals surface area contributed by atoms with Gasteiger partial charge in [0.05, 0.1) is 6.61 Å². The lowest BCUT2D eigenvalue weighted by molar-refractivity contribution is -0.0805. The van der Waals surface area contributed by atoms with E-state index in [0.717, 1.165) is 43.9 Å². The number of halogens is 2. The van der Waals surface area contributed by atoms with Gasteiger partial charge in [-0.15, -0.1) is 0 Å².